The SMILES string of the molecule is O=C(COc1ccc(Cl)cc1C1c2sc(=O)[nH]c2SC2C(=O)N(c3ccc(Br)cc3)C(=O)C21)Nc1cccc(C(F)(F)F)c1. The van der Waals surface area contributed by atoms with Gasteiger partial charge in [0.25, 0.3) is 5.91 Å². The van der Waals surface area contributed by atoms with Crippen LogP contribution in [0.4, 0.5) is 24.5 Å². The van der Waals surface area contributed by atoms with Gasteiger partial charge in [-0.05, 0) is 60.7 Å². The van der Waals surface area contributed by atoms with Gasteiger partial charge in [0, 0.05) is 31.5 Å². The number of hydrogen-bond donors (Lipinski definition) is 2. The number of halogens is 5. The number of benzene rings is 3. The van der Waals surface area contributed by atoms with Crippen molar-refractivity contribution in [2.24, 2.45) is 5.92 Å². The number of imide groups is 1. The zero-order valence-corrected chi connectivity index (χ0v) is 26.0. The van der Waals surface area contributed by atoms with Crippen molar-refractivity contribution in [3.8, 4) is 5.75 Å². The Bertz CT molecular complexity index is 1860. The van der Waals surface area contributed by atoms with Crippen LogP contribution in [0.15, 0.2) is 81.0 Å². The van der Waals surface area contributed by atoms with Gasteiger partial charge in [0.2, 0.25) is 11.8 Å². The third kappa shape index (κ3) is 5.78. The highest BCUT2D eigenvalue weighted by atomic mass is 79.9. The van der Waals surface area contributed by atoms with Crippen LogP contribution in [0.1, 0.15) is 21.9 Å². The van der Waals surface area contributed by atoms with E-state index in [0.717, 1.165) is 44.6 Å². The molecule has 0 radical (unpaired) electrons. The molecule has 3 unspecified atom stereocenters. The first-order valence-corrected chi connectivity index (χ1v) is 15.7. The van der Waals surface area contributed by atoms with E-state index in [9.17, 15) is 32.3 Å². The van der Waals surface area contributed by atoms with Crippen LogP contribution in [0.5, 0.6) is 5.75 Å². The monoisotopic (exact) mass is 723 g/mol. The van der Waals surface area contributed by atoms with E-state index in [4.69, 9.17) is 16.3 Å². The van der Waals surface area contributed by atoms with E-state index in [2.05, 4.69) is 26.2 Å². The van der Waals surface area contributed by atoms with Crippen LogP contribution >= 0.6 is 50.6 Å². The first-order chi connectivity index (χ1) is 20.9. The number of carbonyl (C=O) groups is 3. The fourth-order valence-corrected chi connectivity index (χ4v) is 8.16. The number of nitrogens with one attached hydrogen (secondary N) is 2. The van der Waals surface area contributed by atoms with Crippen LogP contribution in [0.25, 0.3) is 0 Å². The molecule has 8 nitrogen and oxygen atoms in total. The van der Waals surface area contributed by atoms with E-state index in [-0.39, 0.29) is 21.3 Å². The van der Waals surface area contributed by atoms with Crippen molar-refractivity contribution in [1.82, 2.24) is 4.98 Å². The Labute approximate surface area is 268 Å². The van der Waals surface area contributed by atoms with Crippen LogP contribution in [-0.2, 0) is 20.6 Å². The van der Waals surface area contributed by atoms with Crippen LogP contribution in [0.3, 0.4) is 0 Å². The Balaban J connectivity index is 1.33. The van der Waals surface area contributed by atoms with Crippen molar-refractivity contribution in [1.29, 1.82) is 0 Å². The average molecular weight is 725 g/mol. The minimum atomic E-state index is -4.58. The van der Waals surface area contributed by atoms with Gasteiger partial charge in [-0.1, -0.05) is 56.7 Å². The Morgan fingerprint density at radius 1 is 1.05 bits per heavy atom. The molecule has 2 aliphatic rings. The Kier molecular flexibility index (Phi) is 8.11. The van der Waals surface area contributed by atoms with Crippen molar-refractivity contribution >= 4 is 79.7 Å². The zero-order chi connectivity index (χ0) is 31.3. The van der Waals surface area contributed by atoms with Crippen LogP contribution < -0.4 is 19.8 Å². The summed E-state index contributed by atoms with van der Waals surface area (Å²) in [5, 5.41) is 2.24. The summed E-state index contributed by atoms with van der Waals surface area (Å²) in [5.41, 5.74) is -0.227. The molecule has 0 bridgehead atoms. The zero-order valence-electron chi connectivity index (χ0n) is 22.0. The number of thioether (sulfide) groups is 1. The number of alkyl halides is 3. The van der Waals surface area contributed by atoms with Gasteiger partial charge < -0.3 is 15.0 Å². The number of anilines is 2. The molecule has 15 heteroatoms. The largest absolute Gasteiger partial charge is 0.483 e. The van der Waals surface area contributed by atoms with Crippen molar-refractivity contribution in [2.45, 2.75) is 22.4 Å². The lowest BCUT2D eigenvalue weighted by Gasteiger charge is -2.31. The molecule has 2 N–H and O–H groups in total. The van der Waals surface area contributed by atoms with Gasteiger partial charge in [-0.2, -0.15) is 13.2 Å². The van der Waals surface area contributed by atoms with E-state index in [0.29, 0.717) is 21.2 Å². The third-order valence-corrected chi connectivity index (χ3v) is 10.2. The van der Waals surface area contributed by atoms with Gasteiger partial charge in [-0.25, -0.2) is 4.90 Å². The molecule has 3 heterocycles. The number of aromatic nitrogens is 1. The predicted molar refractivity (Wildman–Crippen MR) is 164 cm³/mol. The number of nitrogens with zero attached hydrogens (tertiary/aromatic N) is 1. The fourth-order valence-electron chi connectivity index (χ4n) is 5.20. The van der Waals surface area contributed by atoms with Gasteiger partial charge in [0.05, 0.1) is 22.2 Å². The van der Waals surface area contributed by atoms with Gasteiger partial charge in [-0.15, -0.1) is 0 Å². The number of carbonyl (C=O) groups excluding carboxylic acids is 3. The lowest BCUT2D eigenvalue weighted by molar-refractivity contribution is -0.137. The number of amides is 3. The number of H-pyrrole nitrogens is 1. The smallest absolute Gasteiger partial charge is 0.416 e. The lowest BCUT2D eigenvalue weighted by atomic mass is 9.82. The molecule has 1 saturated heterocycles. The summed E-state index contributed by atoms with van der Waals surface area (Å²) in [4.78, 5) is 56.8. The Hall–Kier alpha value is -3.59. The summed E-state index contributed by atoms with van der Waals surface area (Å²) in [6.07, 6.45) is -4.58. The molecule has 2 aliphatic heterocycles. The normalized spacial score (nSPS) is 19.5. The topological polar surface area (TPSA) is 109 Å². The van der Waals surface area contributed by atoms with Gasteiger partial charge in [0.1, 0.15) is 11.0 Å². The van der Waals surface area contributed by atoms with E-state index in [1.165, 1.54) is 24.3 Å². The maximum atomic E-state index is 14.0. The molecule has 6 rings (SSSR count). The Morgan fingerprint density at radius 2 is 1.80 bits per heavy atom. The van der Waals surface area contributed by atoms with Gasteiger partial charge in [0.15, 0.2) is 6.61 Å². The van der Waals surface area contributed by atoms with E-state index >= 15 is 0 Å². The highest BCUT2D eigenvalue weighted by Crippen LogP contribution is 2.54. The van der Waals surface area contributed by atoms with Gasteiger partial charge >= 0.3 is 11.0 Å². The second kappa shape index (κ2) is 11.7. The van der Waals surface area contributed by atoms with Crippen LogP contribution in [-0.4, -0.2) is 34.6 Å². The molecule has 0 spiro atoms. The third-order valence-electron chi connectivity index (χ3n) is 7.05. The molecular formula is C29H18BrClF3N3O5S2. The minimum absolute atomic E-state index is 0.0678. The summed E-state index contributed by atoms with van der Waals surface area (Å²) in [7, 11) is 0. The number of rotatable bonds is 6. The molecule has 226 valence electrons. The standard InChI is InChI=1S/C29H18BrClF3N3O5S2/c30-14-4-7-17(8-5-14)37-26(39)22-21(23-25(36-28(41)44-23)43-24(22)27(37)40)18-11-15(31)6-9-19(18)42-12-20(38)35-16-3-1-2-13(10-16)29(32,33)34/h1-11,21-22,24H,12H2,(H,35,38)(H,36,41). The molecule has 4 aromatic rings. The summed E-state index contributed by atoms with van der Waals surface area (Å²) in [5.74, 6) is -3.27. The number of fused-ring (bicyclic) bond motifs is 2. The number of hydrogen-bond acceptors (Lipinski definition) is 7. The predicted octanol–water partition coefficient (Wildman–Crippen LogP) is 6.68. The van der Waals surface area contributed by atoms with E-state index in [1.807, 2.05) is 0 Å². The summed E-state index contributed by atoms with van der Waals surface area (Å²) >= 11 is 11.7. The minimum Gasteiger partial charge on any atom is -0.483 e. The van der Waals surface area contributed by atoms with E-state index in [1.54, 1.807) is 30.3 Å². The van der Waals surface area contributed by atoms with Crippen molar-refractivity contribution in [3.63, 3.8) is 0 Å². The second-order valence-corrected chi connectivity index (χ2v) is 13.4. The molecule has 0 saturated carbocycles. The van der Waals surface area contributed by atoms with Crippen molar-refractivity contribution in [2.75, 3.05) is 16.8 Å². The first kappa shape index (κ1) is 30.4. The second-order valence-electron chi connectivity index (χ2n) is 9.84. The highest BCUT2D eigenvalue weighted by Gasteiger charge is 2.56. The summed E-state index contributed by atoms with van der Waals surface area (Å²) in [6.45, 7) is -0.589. The van der Waals surface area contributed by atoms with Gasteiger partial charge in [-0.3, -0.25) is 19.2 Å². The first-order valence-electron chi connectivity index (χ1n) is 12.8. The van der Waals surface area contributed by atoms with Crippen LogP contribution in [0, 0.1) is 5.92 Å². The summed E-state index contributed by atoms with van der Waals surface area (Å²) < 4.78 is 45.9. The molecule has 3 atom stereocenters. The van der Waals surface area contributed by atoms with Crippen LogP contribution in [0.2, 0.25) is 5.02 Å². The molecule has 1 aromatic heterocycles. The molecule has 44 heavy (non-hydrogen) atoms. The lowest BCUT2D eigenvalue weighted by Crippen LogP contribution is -2.32. The molecule has 3 amide bonds. The number of thiazole rings is 1. The summed E-state index contributed by atoms with van der Waals surface area (Å²) in [6, 6.07) is 15.4. The fraction of sp³-hybridized carbons (Fsp3) is 0.172. The number of aromatic amines is 1. The molecular weight excluding hydrogens is 707 g/mol. The quantitative estimate of drug-likeness (QED) is 0.215. The molecule has 3 aromatic carbocycles. The van der Waals surface area contributed by atoms with Crippen molar-refractivity contribution in [3.05, 3.63) is 102 Å². The molecule has 1 fully saturated rings. The maximum Gasteiger partial charge on any atom is 0.416 e. The van der Waals surface area contributed by atoms with E-state index < -0.39 is 53.2 Å². The molecule has 0 aliphatic carbocycles. The maximum absolute atomic E-state index is 14.0. The Morgan fingerprint density at radius 3 is 2.52 bits per heavy atom. The number of ether oxygens (including phenoxy) is 1. The highest BCUT2D eigenvalue weighted by molar-refractivity contribution is 9.10. The average Bonchev–Trinajstić information content (AvgIpc) is 3.46. The van der Waals surface area contributed by atoms with Crippen molar-refractivity contribution < 1.29 is 32.3 Å².